The lowest BCUT2D eigenvalue weighted by molar-refractivity contribution is 0.356. The van der Waals surface area contributed by atoms with Gasteiger partial charge in [-0.25, -0.2) is 13.1 Å². The predicted molar refractivity (Wildman–Crippen MR) is 84.2 cm³/mol. The molecule has 0 aliphatic carbocycles. The van der Waals surface area contributed by atoms with Crippen LogP contribution in [0.3, 0.4) is 0 Å². The van der Waals surface area contributed by atoms with Crippen molar-refractivity contribution in [3.8, 4) is 11.5 Å². The van der Waals surface area contributed by atoms with Gasteiger partial charge in [0.25, 0.3) is 5.56 Å². The third kappa shape index (κ3) is 3.77. The van der Waals surface area contributed by atoms with Crippen LogP contribution in [0.4, 0.5) is 0 Å². The Balaban J connectivity index is 2.37. The van der Waals surface area contributed by atoms with Crippen LogP contribution in [0.1, 0.15) is 5.56 Å². The Hall–Kier alpha value is -2.06. The maximum absolute atomic E-state index is 12.0. The molecule has 0 unspecified atom stereocenters. The SMILES string of the molecule is COc1cc2cc(CCNS(C)(=O)=O)c(=O)[nH]c2cc1OC. The molecule has 0 aliphatic rings. The first kappa shape index (κ1) is 16.3. The van der Waals surface area contributed by atoms with Gasteiger partial charge in [0.1, 0.15) is 0 Å². The number of hydrogen-bond donors (Lipinski definition) is 2. The van der Waals surface area contributed by atoms with E-state index in [1.807, 2.05) is 0 Å². The monoisotopic (exact) mass is 326 g/mol. The molecule has 1 heterocycles. The fourth-order valence-electron chi connectivity index (χ4n) is 2.14. The van der Waals surface area contributed by atoms with Gasteiger partial charge in [0.2, 0.25) is 10.0 Å². The number of rotatable bonds is 6. The number of ether oxygens (including phenoxy) is 2. The van der Waals surface area contributed by atoms with E-state index in [4.69, 9.17) is 9.47 Å². The van der Waals surface area contributed by atoms with Crippen LogP contribution in [0, 0.1) is 0 Å². The van der Waals surface area contributed by atoms with Gasteiger partial charge in [-0.05, 0) is 18.6 Å². The minimum Gasteiger partial charge on any atom is -0.493 e. The Morgan fingerprint density at radius 1 is 1.14 bits per heavy atom. The standard InChI is InChI=1S/C14H18N2O5S/c1-20-12-7-10-6-9(4-5-15-22(3,18)19)14(17)16-11(10)8-13(12)21-2/h6-8,15H,4-5H2,1-3H3,(H,16,17). The molecule has 120 valence electrons. The smallest absolute Gasteiger partial charge is 0.251 e. The van der Waals surface area contributed by atoms with E-state index in [0.29, 0.717) is 29.0 Å². The van der Waals surface area contributed by atoms with E-state index >= 15 is 0 Å². The summed E-state index contributed by atoms with van der Waals surface area (Å²) in [6, 6.07) is 5.17. The molecule has 7 nitrogen and oxygen atoms in total. The quantitative estimate of drug-likeness (QED) is 0.812. The highest BCUT2D eigenvalue weighted by Crippen LogP contribution is 2.30. The van der Waals surface area contributed by atoms with E-state index < -0.39 is 10.0 Å². The minimum absolute atomic E-state index is 0.167. The van der Waals surface area contributed by atoms with Gasteiger partial charge in [0.05, 0.1) is 26.0 Å². The van der Waals surface area contributed by atoms with Gasteiger partial charge < -0.3 is 14.5 Å². The Morgan fingerprint density at radius 3 is 2.36 bits per heavy atom. The molecule has 0 atom stereocenters. The Bertz CT molecular complexity index is 842. The van der Waals surface area contributed by atoms with Gasteiger partial charge in [-0.3, -0.25) is 4.79 Å². The molecule has 0 saturated carbocycles. The van der Waals surface area contributed by atoms with Gasteiger partial charge in [0.15, 0.2) is 11.5 Å². The summed E-state index contributed by atoms with van der Waals surface area (Å²) in [5.74, 6) is 1.08. The average Bonchev–Trinajstić information content (AvgIpc) is 2.45. The van der Waals surface area contributed by atoms with Crippen LogP contribution in [0.5, 0.6) is 11.5 Å². The van der Waals surface area contributed by atoms with E-state index in [2.05, 4.69) is 9.71 Å². The molecular formula is C14H18N2O5S. The second kappa shape index (κ2) is 6.37. The summed E-state index contributed by atoms with van der Waals surface area (Å²) in [6.07, 6.45) is 1.38. The lowest BCUT2D eigenvalue weighted by Gasteiger charge is -2.10. The number of nitrogens with one attached hydrogen (secondary N) is 2. The second-order valence-corrected chi connectivity index (χ2v) is 6.67. The lowest BCUT2D eigenvalue weighted by Crippen LogP contribution is -2.26. The van der Waals surface area contributed by atoms with Gasteiger partial charge in [-0.2, -0.15) is 0 Å². The van der Waals surface area contributed by atoms with Crippen molar-refractivity contribution in [2.24, 2.45) is 0 Å². The number of fused-ring (bicyclic) bond motifs is 1. The maximum Gasteiger partial charge on any atom is 0.251 e. The number of sulfonamides is 1. The van der Waals surface area contributed by atoms with E-state index in [-0.39, 0.29) is 12.1 Å². The van der Waals surface area contributed by atoms with Crippen molar-refractivity contribution in [1.29, 1.82) is 0 Å². The first-order chi connectivity index (χ1) is 10.3. The molecule has 2 aromatic rings. The van der Waals surface area contributed by atoms with Crippen LogP contribution < -0.4 is 19.8 Å². The molecule has 1 aromatic heterocycles. The Labute approximate surface area is 128 Å². The molecular weight excluding hydrogens is 308 g/mol. The van der Waals surface area contributed by atoms with E-state index in [0.717, 1.165) is 11.6 Å². The summed E-state index contributed by atoms with van der Waals surface area (Å²) in [6.45, 7) is 0.167. The second-order valence-electron chi connectivity index (χ2n) is 4.83. The van der Waals surface area contributed by atoms with Crippen molar-refractivity contribution in [2.45, 2.75) is 6.42 Å². The zero-order valence-corrected chi connectivity index (χ0v) is 13.4. The molecule has 1 aromatic carbocycles. The molecule has 0 bridgehead atoms. The zero-order chi connectivity index (χ0) is 16.3. The molecule has 8 heteroatoms. The zero-order valence-electron chi connectivity index (χ0n) is 12.6. The number of aromatic nitrogens is 1. The van der Waals surface area contributed by atoms with Gasteiger partial charge >= 0.3 is 0 Å². The number of pyridine rings is 1. The number of aromatic amines is 1. The summed E-state index contributed by atoms with van der Waals surface area (Å²) in [4.78, 5) is 14.8. The third-order valence-corrected chi connectivity index (χ3v) is 3.91. The van der Waals surface area contributed by atoms with Crippen LogP contribution in [0.25, 0.3) is 10.9 Å². The lowest BCUT2D eigenvalue weighted by atomic mass is 10.1. The summed E-state index contributed by atoms with van der Waals surface area (Å²) in [7, 11) is -0.213. The molecule has 0 saturated heterocycles. The van der Waals surface area contributed by atoms with E-state index in [9.17, 15) is 13.2 Å². The fourth-order valence-corrected chi connectivity index (χ4v) is 2.61. The highest BCUT2D eigenvalue weighted by atomic mass is 32.2. The van der Waals surface area contributed by atoms with Crippen LogP contribution in [-0.4, -0.2) is 40.4 Å². The number of H-pyrrole nitrogens is 1. The predicted octanol–water partition coefficient (Wildman–Crippen LogP) is 0.637. The van der Waals surface area contributed by atoms with Gasteiger partial charge in [-0.15, -0.1) is 0 Å². The Kier molecular flexibility index (Phi) is 4.72. The topological polar surface area (TPSA) is 97.5 Å². The maximum atomic E-state index is 12.0. The largest absolute Gasteiger partial charge is 0.493 e. The van der Waals surface area contributed by atoms with Crippen LogP contribution in [0.15, 0.2) is 23.0 Å². The van der Waals surface area contributed by atoms with Gasteiger partial charge in [0, 0.05) is 23.6 Å². The summed E-state index contributed by atoms with van der Waals surface area (Å²) in [5.41, 5.74) is 0.869. The van der Waals surface area contributed by atoms with Crippen LogP contribution in [0.2, 0.25) is 0 Å². The van der Waals surface area contributed by atoms with Crippen LogP contribution in [-0.2, 0) is 16.4 Å². The number of methoxy groups -OCH3 is 2. The number of hydrogen-bond acceptors (Lipinski definition) is 5. The average molecular weight is 326 g/mol. The fraction of sp³-hybridized carbons (Fsp3) is 0.357. The molecule has 2 rings (SSSR count). The Morgan fingerprint density at radius 2 is 1.77 bits per heavy atom. The normalized spacial score (nSPS) is 11.6. The van der Waals surface area contributed by atoms with E-state index in [1.165, 1.54) is 14.2 Å². The van der Waals surface area contributed by atoms with Crippen molar-refractivity contribution in [2.75, 3.05) is 27.0 Å². The van der Waals surface area contributed by atoms with E-state index in [1.54, 1.807) is 18.2 Å². The summed E-state index contributed by atoms with van der Waals surface area (Å²) in [5, 5.41) is 0.784. The van der Waals surface area contributed by atoms with Crippen molar-refractivity contribution in [1.82, 2.24) is 9.71 Å². The van der Waals surface area contributed by atoms with Crippen molar-refractivity contribution >= 4 is 20.9 Å². The molecule has 0 spiro atoms. The highest BCUT2D eigenvalue weighted by molar-refractivity contribution is 7.88. The molecule has 0 amide bonds. The molecule has 0 radical (unpaired) electrons. The molecule has 22 heavy (non-hydrogen) atoms. The molecule has 0 aliphatic heterocycles. The van der Waals surface area contributed by atoms with Crippen molar-refractivity contribution < 1.29 is 17.9 Å². The first-order valence-corrected chi connectivity index (χ1v) is 8.46. The summed E-state index contributed by atoms with van der Waals surface area (Å²) >= 11 is 0. The molecule has 0 fully saturated rings. The third-order valence-electron chi connectivity index (χ3n) is 3.18. The highest BCUT2D eigenvalue weighted by Gasteiger charge is 2.09. The number of benzene rings is 1. The van der Waals surface area contributed by atoms with Crippen molar-refractivity contribution in [3.05, 3.63) is 34.1 Å². The molecule has 2 N–H and O–H groups in total. The van der Waals surface area contributed by atoms with Gasteiger partial charge in [-0.1, -0.05) is 0 Å². The van der Waals surface area contributed by atoms with Crippen molar-refractivity contribution in [3.63, 3.8) is 0 Å². The first-order valence-electron chi connectivity index (χ1n) is 6.56. The summed E-state index contributed by atoms with van der Waals surface area (Å²) < 4.78 is 34.9. The van der Waals surface area contributed by atoms with Crippen LogP contribution >= 0.6 is 0 Å². The minimum atomic E-state index is -3.27.